The topological polar surface area (TPSA) is 79.8 Å². The summed E-state index contributed by atoms with van der Waals surface area (Å²) >= 11 is 3.62. The van der Waals surface area contributed by atoms with Gasteiger partial charge in [-0.05, 0) is 76.0 Å². The first kappa shape index (κ1) is 21.7. The SMILES string of the molecule is COc1ccc(/C=N\NC(=O)/C(=C\c2cccs2)NC(=O)c2ccccc2)cc1I. The van der Waals surface area contributed by atoms with Gasteiger partial charge in [-0.25, -0.2) is 5.43 Å². The molecule has 0 aliphatic rings. The van der Waals surface area contributed by atoms with Crippen molar-refractivity contribution in [2.75, 3.05) is 7.11 Å². The van der Waals surface area contributed by atoms with Crippen LogP contribution in [0.3, 0.4) is 0 Å². The number of halogens is 1. The van der Waals surface area contributed by atoms with Crippen LogP contribution in [0.5, 0.6) is 5.75 Å². The molecule has 0 spiro atoms. The molecule has 1 heterocycles. The molecule has 152 valence electrons. The van der Waals surface area contributed by atoms with Crippen LogP contribution in [0.1, 0.15) is 20.8 Å². The molecule has 2 amide bonds. The van der Waals surface area contributed by atoms with E-state index < -0.39 is 5.91 Å². The van der Waals surface area contributed by atoms with Gasteiger partial charge in [0.1, 0.15) is 11.4 Å². The van der Waals surface area contributed by atoms with E-state index >= 15 is 0 Å². The predicted octanol–water partition coefficient (Wildman–Crippen LogP) is 4.28. The number of methoxy groups -OCH3 is 1. The zero-order chi connectivity index (χ0) is 21.3. The lowest BCUT2D eigenvalue weighted by Gasteiger charge is -2.08. The van der Waals surface area contributed by atoms with E-state index in [1.807, 2.05) is 41.8 Å². The van der Waals surface area contributed by atoms with Gasteiger partial charge in [-0.15, -0.1) is 11.3 Å². The fourth-order valence-corrected chi connectivity index (χ4v) is 3.86. The van der Waals surface area contributed by atoms with E-state index in [2.05, 4.69) is 38.4 Å². The van der Waals surface area contributed by atoms with Crippen LogP contribution in [-0.4, -0.2) is 25.1 Å². The van der Waals surface area contributed by atoms with Crippen LogP contribution in [0.15, 0.2) is 76.8 Å². The van der Waals surface area contributed by atoms with Crippen LogP contribution in [0.2, 0.25) is 0 Å². The fraction of sp³-hybridized carbons (Fsp3) is 0.0455. The number of benzene rings is 2. The van der Waals surface area contributed by atoms with E-state index in [0.717, 1.165) is 19.8 Å². The number of nitrogens with one attached hydrogen (secondary N) is 2. The van der Waals surface area contributed by atoms with Gasteiger partial charge in [-0.1, -0.05) is 24.3 Å². The Morgan fingerprint density at radius 3 is 2.57 bits per heavy atom. The van der Waals surface area contributed by atoms with Crippen molar-refractivity contribution in [1.82, 2.24) is 10.7 Å². The van der Waals surface area contributed by atoms with E-state index in [0.29, 0.717) is 5.56 Å². The summed E-state index contributed by atoms with van der Waals surface area (Å²) < 4.78 is 6.16. The summed E-state index contributed by atoms with van der Waals surface area (Å²) in [4.78, 5) is 26.0. The predicted molar refractivity (Wildman–Crippen MR) is 128 cm³/mol. The fourth-order valence-electron chi connectivity index (χ4n) is 2.45. The molecule has 2 N–H and O–H groups in total. The molecular formula is C22H18IN3O3S. The molecular weight excluding hydrogens is 513 g/mol. The molecule has 0 atom stereocenters. The molecule has 0 unspecified atom stereocenters. The lowest BCUT2D eigenvalue weighted by molar-refractivity contribution is -0.117. The van der Waals surface area contributed by atoms with Gasteiger partial charge >= 0.3 is 0 Å². The summed E-state index contributed by atoms with van der Waals surface area (Å²) in [6.45, 7) is 0. The molecule has 0 aliphatic carbocycles. The first-order chi connectivity index (χ1) is 14.6. The molecule has 30 heavy (non-hydrogen) atoms. The normalized spacial score (nSPS) is 11.3. The summed E-state index contributed by atoms with van der Waals surface area (Å²) in [6.07, 6.45) is 3.15. The van der Waals surface area contributed by atoms with Gasteiger partial charge in [0.05, 0.1) is 16.9 Å². The monoisotopic (exact) mass is 531 g/mol. The van der Waals surface area contributed by atoms with Gasteiger partial charge in [-0.2, -0.15) is 5.10 Å². The van der Waals surface area contributed by atoms with Gasteiger partial charge in [0.15, 0.2) is 0 Å². The Balaban J connectivity index is 1.73. The van der Waals surface area contributed by atoms with Crippen molar-refractivity contribution >= 4 is 58.0 Å². The third-order valence-corrected chi connectivity index (χ3v) is 5.58. The Kier molecular flexibility index (Phi) is 7.75. The molecule has 8 heteroatoms. The molecule has 2 aromatic carbocycles. The van der Waals surface area contributed by atoms with Crippen LogP contribution >= 0.6 is 33.9 Å². The Bertz CT molecular complexity index is 1080. The van der Waals surface area contributed by atoms with Crippen molar-refractivity contribution in [2.24, 2.45) is 5.10 Å². The van der Waals surface area contributed by atoms with Crippen molar-refractivity contribution in [3.63, 3.8) is 0 Å². The first-order valence-corrected chi connectivity index (χ1v) is 10.8. The summed E-state index contributed by atoms with van der Waals surface area (Å²) in [6, 6.07) is 18.0. The molecule has 0 bridgehead atoms. The molecule has 0 saturated heterocycles. The van der Waals surface area contributed by atoms with Crippen molar-refractivity contribution in [3.8, 4) is 5.75 Å². The second-order valence-corrected chi connectivity index (χ2v) is 8.13. The molecule has 3 aromatic rings. The number of nitrogens with zero attached hydrogens (tertiary/aromatic N) is 1. The summed E-state index contributed by atoms with van der Waals surface area (Å²) in [5, 5.41) is 8.57. The smallest absolute Gasteiger partial charge is 0.287 e. The highest BCUT2D eigenvalue weighted by Crippen LogP contribution is 2.20. The zero-order valence-electron chi connectivity index (χ0n) is 16.0. The molecule has 0 saturated carbocycles. The third kappa shape index (κ3) is 6.01. The van der Waals surface area contributed by atoms with E-state index in [-0.39, 0.29) is 11.6 Å². The van der Waals surface area contributed by atoms with E-state index in [4.69, 9.17) is 4.74 Å². The number of hydrogen-bond acceptors (Lipinski definition) is 5. The lowest BCUT2D eigenvalue weighted by Crippen LogP contribution is -2.32. The minimum Gasteiger partial charge on any atom is -0.496 e. The zero-order valence-corrected chi connectivity index (χ0v) is 18.9. The maximum absolute atomic E-state index is 12.7. The number of carbonyl (C=O) groups is 2. The summed E-state index contributed by atoms with van der Waals surface area (Å²) in [5.74, 6) is -0.129. The highest BCUT2D eigenvalue weighted by molar-refractivity contribution is 14.1. The van der Waals surface area contributed by atoms with Crippen LogP contribution < -0.4 is 15.5 Å². The number of thiophene rings is 1. The van der Waals surface area contributed by atoms with E-state index in [1.54, 1.807) is 37.5 Å². The molecule has 0 radical (unpaired) electrons. The highest BCUT2D eigenvalue weighted by Gasteiger charge is 2.14. The molecule has 6 nitrogen and oxygen atoms in total. The van der Waals surface area contributed by atoms with Crippen molar-refractivity contribution < 1.29 is 14.3 Å². The van der Waals surface area contributed by atoms with E-state index in [9.17, 15) is 9.59 Å². The largest absolute Gasteiger partial charge is 0.496 e. The Morgan fingerprint density at radius 2 is 1.90 bits per heavy atom. The van der Waals surface area contributed by atoms with Crippen molar-refractivity contribution in [1.29, 1.82) is 0 Å². The maximum atomic E-state index is 12.7. The first-order valence-electron chi connectivity index (χ1n) is 8.85. The number of carbonyl (C=O) groups excluding carboxylic acids is 2. The Morgan fingerprint density at radius 1 is 1.10 bits per heavy atom. The lowest BCUT2D eigenvalue weighted by atomic mass is 10.2. The quantitative estimate of drug-likeness (QED) is 0.207. The average Bonchev–Trinajstić information content (AvgIpc) is 3.27. The van der Waals surface area contributed by atoms with Crippen LogP contribution in [0.25, 0.3) is 6.08 Å². The number of ether oxygens (including phenoxy) is 1. The van der Waals surface area contributed by atoms with Crippen molar-refractivity contribution in [2.45, 2.75) is 0 Å². The number of hydrazone groups is 1. The van der Waals surface area contributed by atoms with Crippen molar-refractivity contribution in [3.05, 3.63) is 91.3 Å². The van der Waals surface area contributed by atoms with Crippen LogP contribution in [0, 0.1) is 3.57 Å². The second-order valence-electron chi connectivity index (χ2n) is 5.99. The van der Waals surface area contributed by atoms with Gasteiger partial charge in [0, 0.05) is 10.4 Å². The van der Waals surface area contributed by atoms with E-state index in [1.165, 1.54) is 17.6 Å². The second kappa shape index (κ2) is 10.7. The summed E-state index contributed by atoms with van der Waals surface area (Å²) in [7, 11) is 1.61. The van der Waals surface area contributed by atoms with Gasteiger partial charge in [-0.3, -0.25) is 9.59 Å². The van der Waals surface area contributed by atoms with Gasteiger partial charge in [0.25, 0.3) is 11.8 Å². The highest BCUT2D eigenvalue weighted by atomic mass is 127. The molecule has 1 aromatic heterocycles. The maximum Gasteiger partial charge on any atom is 0.287 e. The average molecular weight is 531 g/mol. The molecule has 0 aliphatic heterocycles. The standard InChI is InChI=1S/C22H18IN3O3S/c1-29-20-10-9-15(12-18(20)23)14-24-26-22(28)19(13-17-8-5-11-30-17)25-21(27)16-6-3-2-4-7-16/h2-14H,1H3,(H,25,27)(H,26,28)/b19-13+,24-14-. The van der Waals surface area contributed by atoms with Gasteiger partial charge < -0.3 is 10.1 Å². The minimum absolute atomic E-state index is 0.104. The Labute approximate surface area is 191 Å². The number of rotatable bonds is 7. The molecule has 0 fully saturated rings. The van der Waals surface area contributed by atoms with Gasteiger partial charge in [0.2, 0.25) is 0 Å². The van der Waals surface area contributed by atoms with Crippen LogP contribution in [0.4, 0.5) is 0 Å². The number of amides is 2. The summed E-state index contributed by atoms with van der Waals surface area (Å²) in [5.41, 5.74) is 3.83. The minimum atomic E-state index is -0.521. The van der Waals surface area contributed by atoms with Crippen LogP contribution in [-0.2, 0) is 4.79 Å². The molecule has 3 rings (SSSR count). The third-order valence-electron chi connectivity index (χ3n) is 3.91. The number of hydrogen-bond donors (Lipinski definition) is 2. The Hall–Kier alpha value is -2.98.